The number of nitrogens with zero attached hydrogens (tertiary/aromatic N) is 2. The molecule has 0 amide bonds. The van der Waals surface area contributed by atoms with Crippen LogP contribution in [0.5, 0.6) is 5.75 Å². The molecule has 1 saturated heterocycles. The molecule has 0 radical (unpaired) electrons. The highest BCUT2D eigenvalue weighted by atomic mass is 16.5. The van der Waals surface area contributed by atoms with Crippen molar-refractivity contribution in [3.8, 4) is 11.8 Å². The van der Waals surface area contributed by atoms with Crippen molar-refractivity contribution in [2.75, 3.05) is 34.4 Å². The van der Waals surface area contributed by atoms with E-state index in [4.69, 9.17) is 14.2 Å². The Labute approximate surface area is 188 Å². The van der Waals surface area contributed by atoms with Gasteiger partial charge in [-0.05, 0) is 48.8 Å². The van der Waals surface area contributed by atoms with Crippen LogP contribution in [0.2, 0.25) is 0 Å². The molecule has 2 fully saturated rings. The number of carbonyl (C=O) groups is 1. The third-order valence-electron chi connectivity index (χ3n) is 7.29. The van der Waals surface area contributed by atoms with Gasteiger partial charge in [0, 0.05) is 43.4 Å². The molecule has 0 unspecified atom stereocenters. The third-order valence-corrected chi connectivity index (χ3v) is 7.29. The lowest BCUT2D eigenvalue weighted by molar-refractivity contribution is -0.174. The number of esters is 1. The second-order valence-corrected chi connectivity index (χ2v) is 8.83. The van der Waals surface area contributed by atoms with Crippen LogP contribution in [-0.2, 0) is 20.7 Å². The second-order valence-electron chi connectivity index (χ2n) is 8.83. The van der Waals surface area contributed by atoms with Crippen LogP contribution in [0.1, 0.15) is 18.4 Å². The molecular weight excluding hydrogens is 410 g/mol. The topological polar surface area (TPSA) is 108 Å². The summed E-state index contributed by atoms with van der Waals surface area (Å²) >= 11 is 0. The van der Waals surface area contributed by atoms with Gasteiger partial charge in [-0.1, -0.05) is 0 Å². The summed E-state index contributed by atoms with van der Waals surface area (Å²) in [5.74, 6) is -0.0530. The van der Waals surface area contributed by atoms with Crippen molar-refractivity contribution in [3.63, 3.8) is 0 Å². The van der Waals surface area contributed by atoms with Gasteiger partial charge in [0.2, 0.25) is 0 Å². The number of ether oxygens (including phenoxy) is 3. The molecule has 2 aromatic rings. The Hall–Kier alpha value is -2.60. The predicted octanol–water partition coefficient (Wildman–Crippen LogP) is 2.12. The number of nitrogens with one attached hydrogen (secondary N) is 1. The fourth-order valence-electron chi connectivity index (χ4n) is 5.67. The summed E-state index contributed by atoms with van der Waals surface area (Å²) in [7, 11) is 4.52. The SMILES string of the molecule is COC(=O)[C@H]1[C@H]2C[C@H](C#N)N(CCc3c[nH]c4cc(OC)ccc34)C[C@H]2C[C@@H](O)[C@@H]1OC. The number of aliphatic hydroxyl groups excluding tert-OH is 1. The van der Waals surface area contributed by atoms with Gasteiger partial charge in [-0.2, -0.15) is 5.26 Å². The van der Waals surface area contributed by atoms with E-state index < -0.39 is 18.1 Å². The van der Waals surface area contributed by atoms with Gasteiger partial charge in [-0.3, -0.25) is 9.69 Å². The largest absolute Gasteiger partial charge is 0.497 e. The first-order valence-electron chi connectivity index (χ1n) is 11.1. The average Bonchev–Trinajstić information content (AvgIpc) is 3.22. The van der Waals surface area contributed by atoms with Crippen LogP contribution in [0.25, 0.3) is 10.9 Å². The molecule has 1 aromatic carbocycles. The number of hydrogen-bond acceptors (Lipinski definition) is 7. The third kappa shape index (κ3) is 4.08. The van der Waals surface area contributed by atoms with Gasteiger partial charge in [0.15, 0.2) is 0 Å². The molecular formula is C24H31N3O5. The molecule has 2 heterocycles. The van der Waals surface area contributed by atoms with Crippen LogP contribution in [0, 0.1) is 29.1 Å². The molecule has 8 nitrogen and oxygen atoms in total. The maximum atomic E-state index is 12.5. The number of rotatable bonds is 6. The first-order chi connectivity index (χ1) is 15.5. The van der Waals surface area contributed by atoms with Crippen molar-refractivity contribution < 1.29 is 24.1 Å². The highest BCUT2D eigenvalue weighted by Crippen LogP contribution is 2.44. The fourth-order valence-corrected chi connectivity index (χ4v) is 5.67. The molecule has 32 heavy (non-hydrogen) atoms. The smallest absolute Gasteiger partial charge is 0.311 e. The zero-order valence-corrected chi connectivity index (χ0v) is 18.8. The maximum Gasteiger partial charge on any atom is 0.311 e. The quantitative estimate of drug-likeness (QED) is 0.661. The van der Waals surface area contributed by atoms with Gasteiger partial charge in [0.05, 0.1) is 44.5 Å². The normalized spacial score (nSPS) is 30.5. The first kappa shape index (κ1) is 22.6. The van der Waals surface area contributed by atoms with E-state index in [-0.39, 0.29) is 23.8 Å². The number of aromatic nitrogens is 1. The number of likely N-dealkylation sites (tertiary alicyclic amines) is 1. The van der Waals surface area contributed by atoms with E-state index in [0.29, 0.717) is 19.4 Å². The molecule has 2 aliphatic rings. The molecule has 0 spiro atoms. The number of methoxy groups -OCH3 is 3. The number of benzene rings is 1. The highest BCUT2D eigenvalue weighted by molar-refractivity contribution is 5.84. The Morgan fingerprint density at radius 3 is 2.81 bits per heavy atom. The van der Waals surface area contributed by atoms with E-state index in [9.17, 15) is 15.2 Å². The lowest BCUT2D eigenvalue weighted by atomic mass is 9.64. The zero-order valence-electron chi connectivity index (χ0n) is 18.8. The van der Waals surface area contributed by atoms with Gasteiger partial charge in [0.1, 0.15) is 5.75 Å². The molecule has 4 rings (SSSR count). The number of H-pyrrole nitrogens is 1. The standard InChI is InChI=1S/C24H31N3O5/c1-30-17-4-5-18-14(12-26-20(18)10-17)6-7-27-13-15-8-21(28)23(31-2)22(24(29)32-3)19(15)9-16(27)11-25/h4-5,10,12,15-16,19,21-23,26,28H,6-9,13H2,1-3H3/t15-,16-,19+,21-,22+,23+/m1/s1. The number of fused-ring (bicyclic) bond motifs is 2. The molecule has 1 aliphatic heterocycles. The number of nitriles is 1. The summed E-state index contributed by atoms with van der Waals surface area (Å²) in [5, 5.41) is 21.7. The summed E-state index contributed by atoms with van der Waals surface area (Å²) in [6.07, 6.45) is 2.61. The van der Waals surface area contributed by atoms with Crippen LogP contribution in [0.15, 0.2) is 24.4 Å². The summed E-state index contributed by atoms with van der Waals surface area (Å²) in [4.78, 5) is 18.0. The van der Waals surface area contributed by atoms with E-state index in [1.807, 2.05) is 18.3 Å². The van der Waals surface area contributed by atoms with E-state index in [1.54, 1.807) is 7.11 Å². The van der Waals surface area contributed by atoms with Gasteiger partial charge >= 0.3 is 5.97 Å². The molecule has 6 atom stereocenters. The van der Waals surface area contributed by atoms with Gasteiger partial charge in [-0.25, -0.2) is 0 Å². The minimum atomic E-state index is -0.727. The van der Waals surface area contributed by atoms with Gasteiger partial charge < -0.3 is 24.3 Å². The van der Waals surface area contributed by atoms with Crippen LogP contribution < -0.4 is 4.74 Å². The van der Waals surface area contributed by atoms with E-state index in [0.717, 1.165) is 29.6 Å². The Bertz CT molecular complexity index is 999. The summed E-state index contributed by atoms with van der Waals surface area (Å²) in [6.45, 7) is 1.40. The Kier molecular flexibility index (Phi) is 6.70. The minimum absolute atomic E-state index is 0.0442. The second kappa shape index (κ2) is 9.49. The lowest BCUT2D eigenvalue weighted by Gasteiger charge is -2.50. The van der Waals surface area contributed by atoms with Crippen LogP contribution >= 0.6 is 0 Å². The maximum absolute atomic E-state index is 12.5. The predicted molar refractivity (Wildman–Crippen MR) is 118 cm³/mol. The molecule has 8 heteroatoms. The first-order valence-corrected chi connectivity index (χ1v) is 11.1. The zero-order chi connectivity index (χ0) is 22.8. The lowest BCUT2D eigenvalue weighted by Crippen LogP contribution is -2.58. The monoisotopic (exact) mass is 441 g/mol. The van der Waals surface area contributed by atoms with Crippen molar-refractivity contribution >= 4 is 16.9 Å². The number of carbonyl (C=O) groups excluding carboxylic acids is 1. The highest BCUT2D eigenvalue weighted by Gasteiger charge is 2.52. The number of piperidine rings is 1. The van der Waals surface area contributed by atoms with E-state index >= 15 is 0 Å². The van der Waals surface area contributed by atoms with Crippen LogP contribution in [-0.4, -0.2) is 73.6 Å². The Morgan fingerprint density at radius 2 is 2.12 bits per heavy atom. The number of aliphatic hydroxyl groups is 1. The van der Waals surface area contributed by atoms with Crippen molar-refractivity contribution in [1.29, 1.82) is 5.26 Å². The molecule has 1 aromatic heterocycles. The average molecular weight is 442 g/mol. The molecule has 0 bridgehead atoms. The van der Waals surface area contributed by atoms with Gasteiger partial charge in [0.25, 0.3) is 0 Å². The van der Waals surface area contributed by atoms with Crippen molar-refractivity contribution in [2.24, 2.45) is 17.8 Å². The number of aromatic amines is 1. The molecule has 172 valence electrons. The summed E-state index contributed by atoms with van der Waals surface area (Å²) in [5.41, 5.74) is 2.22. The van der Waals surface area contributed by atoms with Gasteiger partial charge in [-0.15, -0.1) is 0 Å². The number of hydrogen-bond donors (Lipinski definition) is 2. The Balaban J connectivity index is 1.50. The Morgan fingerprint density at radius 1 is 1.31 bits per heavy atom. The molecule has 1 saturated carbocycles. The van der Waals surface area contributed by atoms with Crippen molar-refractivity contribution in [3.05, 3.63) is 30.0 Å². The fraction of sp³-hybridized carbons (Fsp3) is 0.583. The molecule has 2 N–H and O–H groups in total. The van der Waals surface area contributed by atoms with E-state index in [1.165, 1.54) is 19.8 Å². The minimum Gasteiger partial charge on any atom is -0.497 e. The summed E-state index contributed by atoms with van der Waals surface area (Å²) in [6, 6.07) is 8.13. The van der Waals surface area contributed by atoms with E-state index in [2.05, 4.69) is 22.0 Å². The summed E-state index contributed by atoms with van der Waals surface area (Å²) < 4.78 is 15.8. The molecule has 1 aliphatic carbocycles. The van der Waals surface area contributed by atoms with Crippen molar-refractivity contribution in [1.82, 2.24) is 9.88 Å². The van der Waals surface area contributed by atoms with Crippen LogP contribution in [0.4, 0.5) is 0 Å². The van der Waals surface area contributed by atoms with Crippen LogP contribution in [0.3, 0.4) is 0 Å². The van der Waals surface area contributed by atoms with Crippen molar-refractivity contribution in [2.45, 2.75) is 37.5 Å².